The molecule has 0 N–H and O–H groups in total. The number of hydrogen-bond donors (Lipinski definition) is 0. The fraction of sp³-hybridized carbons (Fsp3) is 0.571. The predicted molar refractivity (Wildman–Crippen MR) is 72.3 cm³/mol. The van der Waals surface area contributed by atoms with E-state index in [0.717, 1.165) is 12.8 Å². The van der Waals surface area contributed by atoms with Gasteiger partial charge in [0.15, 0.2) is 0 Å². The zero-order valence-corrected chi connectivity index (χ0v) is 11.8. The van der Waals surface area contributed by atoms with Crippen molar-refractivity contribution in [2.24, 2.45) is 5.92 Å². The molecule has 0 bridgehead atoms. The van der Waals surface area contributed by atoms with Gasteiger partial charge in [-0.15, -0.1) is 0 Å². The van der Waals surface area contributed by atoms with Crippen molar-refractivity contribution >= 4 is 10.0 Å². The Labute approximate surface area is 114 Å². The Balaban J connectivity index is 1.80. The first-order valence-corrected chi connectivity index (χ1v) is 8.22. The Kier molecular flexibility index (Phi) is 3.37. The van der Waals surface area contributed by atoms with Gasteiger partial charge in [0.2, 0.25) is 10.0 Å². The van der Waals surface area contributed by atoms with E-state index in [1.165, 1.54) is 0 Å². The van der Waals surface area contributed by atoms with E-state index in [4.69, 9.17) is 4.74 Å². The molecule has 4 nitrogen and oxygen atoms in total. The van der Waals surface area contributed by atoms with Crippen molar-refractivity contribution in [1.29, 1.82) is 0 Å². The van der Waals surface area contributed by atoms with Gasteiger partial charge in [0.25, 0.3) is 0 Å². The van der Waals surface area contributed by atoms with E-state index in [-0.39, 0.29) is 12.2 Å². The molecule has 3 atom stereocenters. The molecule has 2 aliphatic rings. The Morgan fingerprint density at radius 3 is 2.74 bits per heavy atom. The van der Waals surface area contributed by atoms with Crippen LogP contribution < -0.4 is 0 Å². The normalized spacial score (nSPS) is 32.2. The number of nitrogens with zero attached hydrogens (tertiary/aromatic N) is 1. The van der Waals surface area contributed by atoms with E-state index >= 15 is 0 Å². The van der Waals surface area contributed by atoms with Crippen LogP contribution in [0, 0.1) is 5.92 Å². The minimum absolute atomic E-state index is 0.247. The molecule has 1 aromatic carbocycles. The summed E-state index contributed by atoms with van der Waals surface area (Å²) < 4.78 is 32.5. The van der Waals surface area contributed by atoms with Gasteiger partial charge < -0.3 is 4.74 Å². The van der Waals surface area contributed by atoms with Gasteiger partial charge in [0.1, 0.15) is 0 Å². The molecule has 3 rings (SSSR count). The highest BCUT2D eigenvalue weighted by Gasteiger charge is 2.40. The number of ether oxygens (including phenoxy) is 1. The largest absolute Gasteiger partial charge is 0.375 e. The molecule has 0 radical (unpaired) electrons. The Hall–Kier alpha value is -0.910. The van der Waals surface area contributed by atoms with E-state index in [2.05, 4.69) is 6.92 Å². The monoisotopic (exact) mass is 281 g/mol. The number of rotatable bonds is 2. The molecule has 0 aromatic heterocycles. The van der Waals surface area contributed by atoms with Gasteiger partial charge >= 0.3 is 0 Å². The van der Waals surface area contributed by atoms with E-state index in [1.54, 1.807) is 28.6 Å². The van der Waals surface area contributed by atoms with Gasteiger partial charge in [0, 0.05) is 19.0 Å². The smallest absolute Gasteiger partial charge is 0.243 e. The highest BCUT2D eigenvalue weighted by Crippen LogP contribution is 2.34. The van der Waals surface area contributed by atoms with Gasteiger partial charge in [-0.2, -0.15) is 4.31 Å². The first kappa shape index (κ1) is 13.1. The third-order valence-electron chi connectivity index (χ3n) is 4.05. The topological polar surface area (TPSA) is 46.6 Å². The lowest BCUT2D eigenvalue weighted by atomic mass is 9.94. The molecule has 19 heavy (non-hydrogen) atoms. The summed E-state index contributed by atoms with van der Waals surface area (Å²) in [7, 11) is -3.34. The quantitative estimate of drug-likeness (QED) is 0.831. The van der Waals surface area contributed by atoms with E-state index < -0.39 is 10.0 Å². The highest BCUT2D eigenvalue weighted by atomic mass is 32.2. The molecule has 0 spiro atoms. The van der Waals surface area contributed by atoms with Crippen LogP contribution in [0.4, 0.5) is 0 Å². The first-order chi connectivity index (χ1) is 9.07. The first-order valence-electron chi connectivity index (χ1n) is 6.78. The molecule has 5 heteroatoms. The van der Waals surface area contributed by atoms with Crippen LogP contribution in [0.15, 0.2) is 35.2 Å². The van der Waals surface area contributed by atoms with Crippen LogP contribution in [0.2, 0.25) is 0 Å². The Morgan fingerprint density at radius 2 is 2.00 bits per heavy atom. The molecule has 0 saturated carbocycles. The second-order valence-electron chi connectivity index (χ2n) is 5.45. The van der Waals surface area contributed by atoms with Crippen molar-refractivity contribution in [3.8, 4) is 0 Å². The molecular weight excluding hydrogens is 262 g/mol. The van der Waals surface area contributed by atoms with Crippen LogP contribution in [0.1, 0.15) is 19.8 Å². The van der Waals surface area contributed by atoms with Crippen LogP contribution in [0.5, 0.6) is 0 Å². The standard InChI is InChI=1S/C14H19NO3S/c1-11-9-12-10-15(8-7-14(12)18-11)19(16,17)13-5-3-2-4-6-13/h2-6,11-12,14H,7-10H2,1H3/t11-,12-,14+/m1/s1. The minimum Gasteiger partial charge on any atom is -0.375 e. The van der Waals surface area contributed by atoms with Crippen molar-refractivity contribution in [2.75, 3.05) is 13.1 Å². The Morgan fingerprint density at radius 1 is 1.26 bits per heavy atom. The maximum Gasteiger partial charge on any atom is 0.243 e. The summed E-state index contributed by atoms with van der Waals surface area (Å²) in [5, 5.41) is 0. The molecule has 0 amide bonds. The minimum atomic E-state index is -3.34. The molecule has 2 heterocycles. The fourth-order valence-electron chi connectivity index (χ4n) is 3.12. The predicted octanol–water partition coefficient (Wildman–Crippen LogP) is 1.87. The van der Waals surface area contributed by atoms with Crippen molar-refractivity contribution in [3.63, 3.8) is 0 Å². The summed E-state index contributed by atoms with van der Waals surface area (Å²) in [6.07, 6.45) is 2.28. The summed E-state index contributed by atoms with van der Waals surface area (Å²) in [5.41, 5.74) is 0. The van der Waals surface area contributed by atoms with Gasteiger partial charge in [-0.1, -0.05) is 18.2 Å². The zero-order chi connectivity index (χ0) is 13.5. The van der Waals surface area contributed by atoms with Crippen LogP contribution >= 0.6 is 0 Å². The molecule has 104 valence electrons. The third kappa shape index (κ3) is 2.42. The van der Waals surface area contributed by atoms with Gasteiger partial charge in [-0.3, -0.25) is 0 Å². The summed E-state index contributed by atoms with van der Waals surface area (Å²) in [4.78, 5) is 0.389. The van der Waals surface area contributed by atoms with Crippen LogP contribution in [-0.4, -0.2) is 38.0 Å². The molecular formula is C14H19NO3S. The van der Waals surface area contributed by atoms with Crippen molar-refractivity contribution in [2.45, 2.75) is 36.9 Å². The summed E-state index contributed by atoms with van der Waals surface area (Å²) in [5.74, 6) is 0.349. The van der Waals surface area contributed by atoms with Crippen molar-refractivity contribution < 1.29 is 13.2 Å². The van der Waals surface area contributed by atoms with Crippen LogP contribution in [0.3, 0.4) is 0 Å². The number of benzene rings is 1. The zero-order valence-electron chi connectivity index (χ0n) is 11.0. The molecule has 0 unspecified atom stereocenters. The summed E-state index contributed by atoms with van der Waals surface area (Å²) >= 11 is 0. The molecule has 2 saturated heterocycles. The lowest BCUT2D eigenvalue weighted by Gasteiger charge is -2.33. The third-order valence-corrected chi connectivity index (χ3v) is 5.93. The lowest BCUT2D eigenvalue weighted by Crippen LogP contribution is -2.44. The summed E-state index contributed by atoms with van der Waals surface area (Å²) in [6, 6.07) is 8.68. The SMILES string of the molecule is C[C@@H]1C[C@@H]2CN(S(=O)(=O)c3ccccc3)CC[C@@H]2O1. The second kappa shape index (κ2) is 4.89. The molecule has 2 aliphatic heterocycles. The van der Waals surface area contributed by atoms with Crippen molar-refractivity contribution in [1.82, 2.24) is 4.31 Å². The Bertz CT molecular complexity index is 543. The van der Waals surface area contributed by atoms with E-state index in [0.29, 0.717) is 23.9 Å². The maximum absolute atomic E-state index is 12.5. The van der Waals surface area contributed by atoms with Crippen LogP contribution in [-0.2, 0) is 14.8 Å². The number of hydrogen-bond acceptors (Lipinski definition) is 3. The molecule has 0 aliphatic carbocycles. The maximum atomic E-state index is 12.5. The van der Waals surface area contributed by atoms with Gasteiger partial charge in [0.05, 0.1) is 17.1 Å². The van der Waals surface area contributed by atoms with Crippen molar-refractivity contribution in [3.05, 3.63) is 30.3 Å². The second-order valence-corrected chi connectivity index (χ2v) is 7.38. The average Bonchev–Trinajstić information content (AvgIpc) is 2.78. The summed E-state index contributed by atoms with van der Waals surface area (Å²) in [6.45, 7) is 3.21. The lowest BCUT2D eigenvalue weighted by molar-refractivity contribution is 0.0206. The number of fused-ring (bicyclic) bond motifs is 1. The van der Waals surface area contributed by atoms with Crippen LogP contribution in [0.25, 0.3) is 0 Å². The molecule has 2 fully saturated rings. The number of sulfonamides is 1. The molecule has 1 aromatic rings. The average molecular weight is 281 g/mol. The fourth-order valence-corrected chi connectivity index (χ4v) is 4.66. The van der Waals surface area contributed by atoms with E-state index in [9.17, 15) is 8.42 Å². The van der Waals surface area contributed by atoms with Gasteiger partial charge in [-0.05, 0) is 31.9 Å². The number of piperidine rings is 1. The van der Waals surface area contributed by atoms with Gasteiger partial charge in [-0.25, -0.2) is 8.42 Å². The highest BCUT2D eigenvalue weighted by molar-refractivity contribution is 7.89. The van der Waals surface area contributed by atoms with E-state index in [1.807, 2.05) is 6.07 Å².